The standard InChI is InChI=1S/C13H19NO4S/c1-4-5-6-9-14-19(15,16)13-8-7-11(17-2)10-12(13)18-3/h4-5,7-8,10,14H,6,9H2,1-3H3/b5-4+. The Labute approximate surface area is 114 Å². The minimum atomic E-state index is -3.57. The van der Waals surface area contributed by atoms with Crippen LogP contribution in [0.3, 0.4) is 0 Å². The molecule has 1 rings (SSSR count). The molecule has 0 heterocycles. The maximum Gasteiger partial charge on any atom is 0.244 e. The van der Waals surface area contributed by atoms with Gasteiger partial charge in [-0.3, -0.25) is 0 Å². The van der Waals surface area contributed by atoms with Crippen LogP contribution in [0.4, 0.5) is 0 Å². The Hall–Kier alpha value is -1.53. The van der Waals surface area contributed by atoms with E-state index in [9.17, 15) is 8.42 Å². The van der Waals surface area contributed by atoms with E-state index >= 15 is 0 Å². The summed E-state index contributed by atoms with van der Waals surface area (Å²) in [6.07, 6.45) is 4.42. The fourth-order valence-corrected chi connectivity index (χ4v) is 2.71. The van der Waals surface area contributed by atoms with Gasteiger partial charge in [-0.1, -0.05) is 12.2 Å². The first-order valence-corrected chi connectivity index (χ1v) is 7.36. The van der Waals surface area contributed by atoms with E-state index in [1.54, 1.807) is 12.1 Å². The highest BCUT2D eigenvalue weighted by Crippen LogP contribution is 2.28. The number of allylic oxidation sites excluding steroid dienone is 1. The Morgan fingerprint density at radius 2 is 2.00 bits per heavy atom. The molecular formula is C13H19NO4S. The van der Waals surface area contributed by atoms with Crippen LogP contribution >= 0.6 is 0 Å². The molecule has 0 amide bonds. The second-order valence-electron chi connectivity index (χ2n) is 3.77. The van der Waals surface area contributed by atoms with Crippen molar-refractivity contribution < 1.29 is 17.9 Å². The monoisotopic (exact) mass is 285 g/mol. The number of nitrogens with one attached hydrogen (secondary N) is 1. The van der Waals surface area contributed by atoms with Gasteiger partial charge in [0, 0.05) is 12.6 Å². The lowest BCUT2D eigenvalue weighted by Crippen LogP contribution is -2.25. The Kier molecular flexibility index (Phi) is 5.85. The van der Waals surface area contributed by atoms with Crippen LogP contribution in [0.15, 0.2) is 35.2 Å². The minimum Gasteiger partial charge on any atom is -0.497 e. The zero-order valence-corrected chi connectivity index (χ0v) is 12.2. The number of sulfonamides is 1. The van der Waals surface area contributed by atoms with E-state index in [-0.39, 0.29) is 10.6 Å². The van der Waals surface area contributed by atoms with Crippen molar-refractivity contribution in [3.63, 3.8) is 0 Å². The highest BCUT2D eigenvalue weighted by Gasteiger charge is 2.19. The zero-order valence-electron chi connectivity index (χ0n) is 11.3. The van der Waals surface area contributed by atoms with Gasteiger partial charge < -0.3 is 9.47 Å². The molecule has 0 unspecified atom stereocenters. The summed E-state index contributed by atoms with van der Waals surface area (Å²) in [5.74, 6) is 0.808. The smallest absolute Gasteiger partial charge is 0.244 e. The van der Waals surface area contributed by atoms with Crippen molar-refractivity contribution in [2.24, 2.45) is 0 Å². The van der Waals surface area contributed by atoms with Gasteiger partial charge in [0.25, 0.3) is 0 Å². The van der Waals surface area contributed by atoms with Crippen molar-refractivity contribution >= 4 is 10.0 Å². The number of ether oxygens (including phenoxy) is 2. The normalized spacial score (nSPS) is 11.7. The lowest BCUT2D eigenvalue weighted by atomic mass is 10.3. The van der Waals surface area contributed by atoms with E-state index in [4.69, 9.17) is 9.47 Å². The molecule has 0 aliphatic carbocycles. The highest BCUT2D eigenvalue weighted by molar-refractivity contribution is 7.89. The largest absolute Gasteiger partial charge is 0.497 e. The summed E-state index contributed by atoms with van der Waals surface area (Å²) < 4.78 is 36.9. The number of hydrogen-bond donors (Lipinski definition) is 1. The molecule has 0 aliphatic rings. The molecule has 0 saturated carbocycles. The Bertz CT molecular complexity index is 538. The van der Waals surface area contributed by atoms with E-state index in [0.29, 0.717) is 18.7 Å². The van der Waals surface area contributed by atoms with Crippen LogP contribution in [-0.2, 0) is 10.0 Å². The molecule has 106 valence electrons. The van der Waals surface area contributed by atoms with E-state index in [2.05, 4.69) is 4.72 Å². The van der Waals surface area contributed by atoms with Crippen LogP contribution in [0.2, 0.25) is 0 Å². The lowest BCUT2D eigenvalue weighted by Gasteiger charge is -2.11. The van der Waals surface area contributed by atoms with E-state index < -0.39 is 10.0 Å². The van der Waals surface area contributed by atoms with E-state index in [0.717, 1.165) is 0 Å². The molecule has 0 fully saturated rings. The van der Waals surface area contributed by atoms with Crippen LogP contribution in [-0.4, -0.2) is 29.2 Å². The molecule has 0 aromatic heterocycles. The second kappa shape index (κ2) is 7.16. The third-order valence-corrected chi connectivity index (χ3v) is 4.00. The Morgan fingerprint density at radius 3 is 2.58 bits per heavy atom. The fourth-order valence-electron chi connectivity index (χ4n) is 1.52. The number of rotatable bonds is 7. The summed E-state index contributed by atoms with van der Waals surface area (Å²) in [5.41, 5.74) is 0. The predicted molar refractivity (Wildman–Crippen MR) is 74.2 cm³/mol. The van der Waals surface area contributed by atoms with Crippen LogP contribution in [0, 0.1) is 0 Å². The van der Waals surface area contributed by atoms with Gasteiger partial charge in [-0.25, -0.2) is 13.1 Å². The van der Waals surface area contributed by atoms with Gasteiger partial charge in [-0.15, -0.1) is 0 Å². The molecule has 19 heavy (non-hydrogen) atoms. The summed E-state index contributed by atoms with van der Waals surface area (Å²) in [5, 5.41) is 0. The first-order chi connectivity index (χ1) is 9.05. The molecule has 0 saturated heterocycles. The van der Waals surface area contributed by atoms with Crippen LogP contribution in [0.25, 0.3) is 0 Å². The third-order valence-electron chi connectivity index (χ3n) is 2.50. The molecule has 0 aliphatic heterocycles. The SMILES string of the molecule is C/C=C/CCNS(=O)(=O)c1ccc(OC)cc1OC. The molecule has 6 heteroatoms. The predicted octanol–water partition coefficient (Wildman–Crippen LogP) is 1.95. The lowest BCUT2D eigenvalue weighted by molar-refractivity contribution is 0.386. The van der Waals surface area contributed by atoms with Crippen LogP contribution in [0.5, 0.6) is 11.5 Å². The van der Waals surface area contributed by atoms with Crippen molar-refractivity contribution in [2.75, 3.05) is 20.8 Å². The molecule has 1 aromatic carbocycles. The number of methoxy groups -OCH3 is 2. The maximum absolute atomic E-state index is 12.1. The number of hydrogen-bond acceptors (Lipinski definition) is 4. The van der Waals surface area contributed by atoms with E-state index in [1.165, 1.54) is 20.3 Å². The first kappa shape index (κ1) is 15.5. The maximum atomic E-state index is 12.1. The quantitative estimate of drug-likeness (QED) is 0.614. The van der Waals surface area contributed by atoms with Gasteiger partial charge in [-0.05, 0) is 25.5 Å². The molecule has 1 aromatic rings. The molecule has 1 N–H and O–H groups in total. The van der Waals surface area contributed by atoms with Gasteiger partial charge in [0.05, 0.1) is 14.2 Å². The van der Waals surface area contributed by atoms with Gasteiger partial charge in [-0.2, -0.15) is 0 Å². The van der Waals surface area contributed by atoms with Crippen molar-refractivity contribution in [1.82, 2.24) is 4.72 Å². The van der Waals surface area contributed by atoms with Crippen LogP contribution < -0.4 is 14.2 Å². The zero-order chi connectivity index (χ0) is 14.3. The topological polar surface area (TPSA) is 64.6 Å². The van der Waals surface area contributed by atoms with Gasteiger partial charge in [0.1, 0.15) is 16.4 Å². The Balaban J connectivity index is 2.94. The molecule has 0 radical (unpaired) electrons. The molecule has 0 atom stereocenters. The summed E-state index contributed by atoms with van der Waals surface area (Å²) in [6.45, 7) is 2.24. The van der Waals surface area contributed by atoms with Crippen molar-refractivity contribution in [1.29, 1.82) is 0 Å². The van der Waals surface area contributed by atoms with Gasteiger partial charge >= 0.3 is 0 Å². The second-order valence-corrected chi connectivity index (χ2v) is 5.51. The summed E-state index contributed by atoms with van der Waals surface area (Å²) >= 11 is 0. The van der Waals surface area contributed by atoms with Crippen molar-refractivity contribution in [3.05, 3.63) is 30.4 Å². The summed E-state index contributed by atoms with van der Waals surface area (Å²) in [6, 6.07) is 4.60. The van der Waals surface area contributed by atoms with Crippen molar-refractivity contribution in [3.8, 4) is 11.5 Å². The first-order valence-electron chi connectivity index (χ1n) is 5.88. The summed E-state index contributed by atoms with van der Waals surface area (Å²) in [7, 11) is -0.637. The van der Waals surface area contributed by atoms with E-state index in [1.807, 2.05) is 19.1 Å². The average Bonchev–Trinajstić information content (AvgIpc) is 2.42. The molecular weight excluding hydrogens is 266 g/mol. The van der Waals surface area contributed by atoms with Crippen molar-refractivity contribution in [2.45, 2.75) is 18.2 Å². The van der Waals surface area contributed by atoms with Gasteiger partial charge in [0.2, 0.25) is 10.0 Å². The third kappa shape index (κ3) is 4.25. The molecule has 0 bridgehead atoms. The molecule has 0 spiro atoms. The highest BCUT2D eigenvalue weighted by atomic mass is 32.2. The Morgan fingerprint density at radius 1 is 1.26 bits per heavy atom. The summed E-state index contributed by atoms with van der Waals surface area (Å²) in [4.78, 5) is 0.108. The average molecular weight is 285 g/mol. The molecule has 5 nitrogen and oxygen atoms in total. The van der Waals surface area contributed by atoms with Gasteiger partial charge in [0.15, 0.2) is 0 Å². The van der Waals surface area contributed by atoms with Crippen LogP contribution in [0.1, 0.15) is 13.3 Å². The minimum absolute atomic E-state index is 0.108. The fraction of sp³-hybridized carbons (Fsp3) is 0.385. The number of benzene rings is 1.